The van der Waals surface area contributed by atoms with Gasteiger partial charge in [0, 0.05) is 6.54 Å². The zero-order chi connectivity index (χ0) is 11.4. The van der Waals surface area contributed by atoms with E-state index in [4.69, 9.17) is 0 Å². The molecule has 1 aromatic carbocycles. The Labute approximate surface area is 107 Å². The van der Waals surface area contributed by atoms with Gasteiger partial charge in [-0.1, -0.05) is 18.2 Å². The van der Waals surface area contributed by atoms with Crippen LogP contribution in [0.4, 0.5) is 0 Å². The number of carbonyl (C=O) groups excluding carboxylic acids is 1. The summed E-state index contributed by atoms with van der Waals surface area (Å²) in [6, 6.07) is 7.57. The highest BCUT2D eigenvalue weighted by Crippen LogP contribution is 2.20. The van der Waals surface area contributed by atoms with Crippen LogP contribution in [-0.4, -0.2) is 26.2 Å². The van der Waals surface area contributed by atoms with E-state index in [1.807, 2.05) is 24.3 Å². The molecule has 0 saturated heterocycles. The maximum atomic E-state index is 11.3. The summed E-state index contributed by atoms with van der Waals surface area (Å²) in [5, 5.41) is 3.27. The topological polar surface area (TPSA) is 38.3 Å². The number of rotatable bonds is 2. The van der Waals surface area contributed by atoms with Gasteiger partial charge in [-0.25, -0.2) is 4.79 Å². The molecule has 0 radical (unpaired) electrons. The van der Waals surface area contributed by atoms with Gasteiger partial charge in [0.1, 0.15) is 0 Å². The van der Waals surface area contributed by atoms with Crippen LogP contribution in [0.25, 0.3) is 5.57 Å². The summed E-state index contributed by atoms with van der Waals surface area (Å²) < 4.78 is 4.66. The van der Waals surface area contributed by atoms with Crippen LogP contribution < -0.4 is 5.32 Å². The molecule has 17 heavy (non-hydrogen) atoms. The fraction of sp³-hybridized carbons (Fsp3) is 0.308. The Hall–Kier alpha value is -1.32. The van der Waals surface area contributed by atoms with Crippen molar-refractivity contribution in [3.05, 3.63) is 41.5 Å². The molecule has 0 saturated carbocycles. The Morgan fingerprint density at radius 3 is 2.53 bits per heavy atom. The molecular weight excluding hydrogens is 238 g/mol. The minimum atomic E-state index is -0.286. The molecule has 0 amide bonds. The minimum Gasteiger partial charge on any atom is -0.465 e. The van der Waals surface area contributed by atoms with Crippen molar-refractivity contribution in [2.45, 2.75) is 6.42 Å². The maximum absolute atomic E-state index is 11.3. The Morgan fingerprint density at radius 1 is 1.29 bits per heavy atom. The van der Waals surface area contributed by atoms with Crippen LogP contribution in [0.2, 0.25) is 0 Å². The molecule has 4 heteroatoms. The van der Waals surface area contributed by atoms with Crippen LogP contribution in [-0.2, 0) is 4.74 Å². The molecule has 1 heterocycles. The Morgan fingerprint density at radius 2 is 2.00 bits per heavy atom. The number of halogens is 1. The molecule has 1 N–H and O–H groups in total. The summed E-state index contributed by atoms with van der Waals surface area (Å²) in [6.45, 7) is 1.94. The molecule has 0 fully saturated rings. The molecule has 0 atom stereocenters. The molecule has 3 nitrogen and oxygen atoms in total. The molecule has 0 aromatic heterocycles. The van der Waals surface area contributed by atoms with Crippen molar-refractivity contribution in [2.75, 3.05) is 20.2 Å². The predicted molar refractivity (Wildman–Crippen MR) is 70.5 cm³/mol. The number of hydrogen-bond donors (Lipinski definition) is 1. The van der Waals surface area contributed by atoms with Crippen molar-refractivity contribution < 1.29 is 9.53 Å². The Balaban J connectivity index is 0.00000144. The molecule has 1 aliphatic heterocycles. The van der Waals surface area contributed by atoms with E-state index in [0.29, 0.717) is 5.56 Å². The molecule has 1 aromatic rings. The number of methoxy groups -OCH3 is 1. The highest BCUT2D eigenvalue weighted by atomic mass is 35.5. The lowest BCUT2D eigenvalue weighted by Gasteiger charge is -2.14. The average Bonchev–Trinajstić information content (AvgIpc) is 2.39. The highest BCUT2D eigenvalue weighted by molar-refractivity contribution is 5.89. The normalized spacial score (nSPS) is 14.5. The van der Waals surface area contributed by atoms with Crippen molar-refractivity contribution in [3.63, 3.8) is 0 Å². The van der Waals surface area contributed by atoms with Gasteiger partial charge in [-0.3, -0.25) is 0 Å². The van der Waals surface area contributed by atoms with Gasteiger partial charge in [0.15, 0.2) is 0 Å². The van der Waals surface area contributed by atoms with E-state index >= 15 is 0 Å². The maximum Gasteiger partial charge on any atom is 0.337 e. The van der Waals surface area contributed by atoms with E-state index < -0.39 is 0 Å². The van der Waals surface area contributed by atoms with Crippen molar-refractivity contribution in [1.82, 2.24) is 5.32 Å². The van der Waals surface area contributed by atoms with Gasteiger partial charge < -0.3 is 10.1 Å². The van der Waals surface area contributed by atoms with Gasteiger partial charge in [0.2, 0.25) is 0 Å². The number of esters is 1. The first-order valence-electron chi connectivity index (χ1n) is 5.40. The first kappa shape index (κ1) is 13.7. The van der Waals surface area contributed by atoms with Gasteiger partial charge in [0.25, 0.3) is 0 Å². The first-order valence-corrected chi connectivity index (χ1v) is 5.40. The quantitative estimate of drug-likeness (QED) is 0.822. The summed E-state index contributed by atoms with van der Waals surface area (Å²) in [7, 11) is 1.39. The summed E-state index contributed by atoms with van der Waals surface area (Å²) in [5.41, 5.74) is 3.13. The lowest BCUT2D eigenvalue weighted by Crippen LogP contribution is -2.20. The van der Waals surface area contributed by atoms with E-state index in [2.05, 4.69) is 16.1 Å². The number of ether oxygens (including phenoxy) is 1. The summed E-state index contributed by atoms with van der Waals surface area (Å²) >= 11 is 0. The average molecular weight is 254 g/mol. The van der Waals surface area contributed by atoms with E-state index in [1.54, 1.807) is 0 Å². The second-order valence-electron chi connectivity index (χ2n) is 3.75. The van der Waals surface area contributed by atoms with Gasteiger partial charge in [-0.05, 0) is 36.2 Å². The second-order valence-corrected chi connectivity index (χ2v) is 3.75. The van der Waals surface area contributed by atoms with Gasteiger partial charge >= 0.3 is 5.97 Å². The number of benzene rings is 1. The SMILES string of the molecule is COC(=O)c1ccc(C2=CCNCC2)cc1.Cl. The van der Waals surface area contributed by atoms with Crippen LogP contribution in [0.15, 0.2) is 30.3 Å². The Bertz CT molecular complexity index is 412. The van der Waals surface area contributed by atoms with E-state index in [9.17, 15) is 4.79 Å². The van der Waals surface area contributed by atoms with Gasteiger partial charge in [-0.2, -0.15) is 0 Å². The standard InChI is InChI=1S/C13H15NO2.ClH/c1-16-13(15)12-4-2-10(3-5-12)11-6-8-14-9-7-11;/h2-6,14H,7-9H2,1H3;1H. The molecule has 92 valence electrons. The van der Waals surface area contributed by atoms with Crippen LogP contribution in [0.1, 0.15) is 22.3 Å². The predicted octanol–water partition coefficient (Wildman–Crippen LogP) is 2.27. The molecule has 2 rings (SSSR count). The summed E-state index contributed by atoms with van der Waals surface area (Å²) in [4.78, 5) is 11.3. The Kier molecular flexibility index (Phi) is 5.19. The van der Waals surface area contributed by atoms with Gasteiger partial charge in [0.05, 0.1) is 12.7 Å². The molecule has 0 unspecified atom stereocenters. The fourth-order valence-electron chi connectivity index (χ4n) is 1.82. The number of hydrogen-bond acceptors (Lipinski definition) is 3. The summed E-state index contributed by atoms with van der Waals surface area (Å²) in [5.74, 6) is -0.286. The third-order valence-corrected chi connectivity index (χ3v) is 2.74. The second kappa shape index (κ2) is 6.42. The molecule has 0 aliphatic carbocycles. The van der Waals surface area contributed by atoms with Crippen LogP contribution in [0.5, 0.6) is 0 Å². The first-order chi connectivity index (χ1) is 7.81. The lowest BCUT2D eigenvalue weighted by atomic mass is 9.99. The van der Waals surface area contributed by atoms with E-state index in [-0.39, 0.29) is 18.4 Å². The smallest absolute Gasteiger partial charge is 0.337 e. The largest absolute Gasteiger partial charge is 0.465 e. The fourth-order valence-corrected chi connectivity index (χ4v) is 1.82. The summed E-state index contributed by atoms with van der Waals surface area (Å²) in [6.07, 6.45) is 3.23. The zero-order valence-corrected chi connectivity index (χ0v) is 10.5. The van der Waals surface area contributed by atoms with Crippen molar-refractivity contribution in [1.29, 1.82) is 0 Å². The minimum absolute atomic E-state index is 0. The molecule has 0 spiro atoms. The zero-order valence-electron chi connectivity index (χ0n) is 9.73. The number of nitrogens with one attached hydrogen (secondary N) is 1. The lowest BCUT2D eigenvalue weighted by molar-refractivity contribution is 0.0601. The van der Waals surface area contributed by atoms with Crippen molar-refractivity contribution in [2.24, 2.45) is 0 Å². The molecule has 1 aliphatic rings. The van der Waals surface area contributed by atoms with Crippen molar-refractivity contribution >= 4 is 23.9 Å². The monoisotopic (exact) mass is 253 g/mol. The third-order valence-electron chi connectivity index (χ3n) is 2.74. The van der Waals surface area contributed by atoms with Crippen LogP contribution in [0.3, 0.4) is 0 Å². The highest BCUT2D eigenvalue weighted by Gasteiger charge is 2.08. The van der Waals surface area contributed by atoms with Crippen LogP contribution in [0, 0.1) is 0 Å². The van der Waals surface area contributed by atoms with Crippen molar-refractivity contribution in [3.8, 4) is 0 Å². The number of carbonyl (C=O) groups is 1. The van der Waals surface area contributed by atoms with Crippen LogP contribution >= 0.6 is 12.4 Å². The molecule has 0 bridgehead atoms. The molecular formula is C13H16ClNO2. The van der Waals surface area contributed by atoms with Gasteiger partial charge in [-0.15, -0.1) is 12.4 Å². The van der Waals surface area contributed by atoms with E-state index in [1.165, 1.54) is 18.2 Å². The van der Waals surface area contributed by atoms with E-state index in [0.717, 1.165) is 19.5 Å². The third kappa shape index (κ3) is 3.32.